The molecule has 3 rings (SSSR count). The van der Waals surface area contributed by atoms with E-state index >= 15 is 0 Å². The van der Waals surface area contributed by atoms with E-state index in [9.17, 15) is 14.0 Å². The van der Waals surface area contributed by atoms with Crippen LogP contribution in [0.4, 0.5) is 10.1 Å². The average molecular weight is 408 g/mol. The third-order valence-corrected chi connectivity index (χ3v) is 4.56. The van der Waals surface area contributed by atoms with Gasteiger partial charge in [-0.3, -0.25) is 9.59 Å². The molecule has 1 fully saturated rings. The number of amides is 2. The highest BCUT2D eigenvalue weighted by atomic mass is 35.5. The highest BCUT2D eigenvalue weighted by molar-refractivity contribution is 6.04. The smallest absolute Gasteiger partial charge is 0.255 e. The number of anilines is 1. The van der Waals surface area contributed by atoms with Crippen LogP contribution in [0.25, 0.3) is 0 Å². The number of carbonyl (C=O) groups is 2. The quantitative estimate of drug-likeness (QED) is 0.710. The van der Waals surface area contributed by atoms with Gasteiger partial charge in [0.25, 0.3) is 5.91 Å². The number of nitrogens with two attached hydrogens (primary N) is 1. The molecule has 1 heterocycles. The van der Waals surface area contributed by atoms with Crippen molar-refractivity contribution in [1.29, 1.82) is 0 Å². The minimum Gasteiger partial charge on any atom is -0.381 e. The predicted octanol–water partition coefficient (Wildman–Crippen LogP) is 2.62. The molecule has 1 aliphatic heterocycles. The summed E-state index contributed by atoms with van der Waals surface area (Å²) in [5.41, 5.74) is 6.87. The second-order valence-electron chi connectivity index (χ2n) is 6.62. The van der Waals surface area contributed by atoms with E-state index < -0.39 is 17.3 Å². The van der Waals surface area contributed by atoms with Crippen LogP contribution in [0.2, 0.25) is 0 Å². The summed E-state index contributed by atoms with van der Waals surface area (Å²) in [5, 5.41) is 5.57. The summed E-state index contributed by atoms with van der Waals surface area (Å²) < 4.78 is 18.5. The van der Waals surface area contributed by atoms with Crippen molar-refractivity contribution in [2.75, 3.05) is 18.5 Å². The van der Waals surface area contributed by atoms with E-state index in [2.05, 4.69) is 10.6 Å². The van der Waals surface area contributed by atoms with Gasteiger partial charge in [0.2, 0.25) is 5.91 Å². The molecule has 1 aliphatic rings. The van der Waals surface area contributed by atoms with Crippen molar-refractivity contribution in [3.63, 3.8) is 0 Å². The van der Waals surface area contributed by atoms with Gasteiger partial charge in [-0.2, -0.15) is 0 Å². The van der Waals surface area contributed by atoms with Crippen LogP contribution in [0.15, 0.2) is 48.5 Å². The van der Waals surface area contributed by atoms with Crippen LogP contribution < -0.4 is 16.4 Å². The highest BCUT2D eigenvalue weighted by Crippen LogP contribution is 2.18. The molecule has 0 atom stereocenters. The van der Waals surface area contributed by atoms with E-state index in [1.807, 2.05) is 6.07 Å². The van der Waals surface area contributed by atoms with Gasteiger partial charge in [0.1, 0.15) is 5.82 Å². The molecule has 0 aromatic heterocycles. The summed E-state index contributed by atoms with van der Waals surface area (Å²) in [6.07, 6.45) is 0.977. The maximum atomic E-state index is 13.3. The molecule has 0 radical (unpaired) electrons. The largest absolute Gasteiger partial charge is 0.381 e. The number of ether oxygens (including phenoxy) is 1. The lowest BCUT2D eigenvalue weighted by Gasteiger charge is -2.31. The minimum absolute atomic E-state index is 0. The first kappa shape index (κ1) is 21.8. The van der Waals surface area contributed by atoms with Gasteiger partial charge in [-0.1, -0.05) is 18.2 Å². The molecule has 2 aromatic rings. The van der Waals surface area contributed by atoms with E-state index in [0.717, 1.165) is 5.56 Å². The van der Waals surface area contributed by atoms with Gasteiger partial charge in [-0.05, 0) is 48.7 Å². The summed E-state index contributed by atoms with van der Waals surface area (Å²) in [6.45, 7) is 1.25. The Balaban J connectivity index is 0.00000280. The molecular formula is C20H23ClFN3O3. The van der Waals surface area contributed by atoms with Crippen LogP contribution in [0.5, 0.6) is 0 Å². The fraction of sp³-hybridized carbons (Fsp3) is 0.300. The van der Waals surface area contributed by atoms with E-state index in [1.54, 1.807) is 18.2 Å². The molecule has 0 aliphatic carbocycles. The first-order chi connectivity index (χ1) is 13.0. The van der Waals surface area contributed by atoms with Crippen molar-refractivity contribution in [3.05, 3.63) is 65.5 Å². The first-order valence-electron chi connectivity index (χ1n) is 8.77. The van der Waals surface area contributed by atoms with Crippen LogP contribution in [0.1, 0.15) is 28.8 Å². The second kappa shape index (κ2) is 9.64. The number of halogens is 2. The molecule has 2 amide bonds. The second-order valence-corrected chi connectivity index (χ2v) is 6.62. The van der Waals surface area contributed by atoms with Gasteiger partial charge in [-0.25, -0.2) is 4.39 Å². The van der Waals surface area contributed by atoms with Gasteiger partial charge < -0.3 is 21.1 Å². The van der Waals surface area contributed by atoms with Crippen molar-refractivity contribution in [1.82, 2.24) is 5.32 Å². The lowest BCUT2D eigenvalue weighted by atomic mass is 9.90. The van der Waals surface area contributed by atoms with Crippen LogP contribution in [0.3, 0.4) is 0 Å². The first-order valence-corrected chi connectivity index (χ1v) is 8.77. The number of hydrogen-bond donors (Lipinski definition) is 3. The zero-order valence-electron chi connectivity index (χ0n) is 15.2. The average Bonchev–Trinajstić information content (AvgIpc) is 2.67. The Bertz CT molecular complexity index is 841. The zero-order chi connectivity index (χ0) is 19.3. The van der Waals surface area contributed by atoms with Gasteiger partial charge >= 0.3 is 0 Å². The van der Waals surface area contributed by atoms with E-state index in [-0.39, 0.29) is 23.9 Å². The molecule has 28 heavy (non-hydrogen) atoms. The highest BCUT2D eigenvalue weighted by Gasteiger charge is 2.35. The Labute approximate surface area is 169 Å². The molecule has 4 N–H and O–H groups in total. The van der Waals surface area contributed by atoms with Gasteiger partial charge in [0.15, 0.2) is 0 Å². The van der Waals surface area contributed by atoms with E-state index in [4.69, 9.17) is 10.5 Å². The van der Waals surface area contributed by atoms with E-state index in [0.29, 0.717) is 38.3 Å². The number of carbonyl (C=O) groups excluding carboxylic acids is 2. The van der Waals surface area contributed by atoms with Crippen LogP contribution in [0, 0.1) is 5.82 Å². The summed E-state index contributed by atoms with van der Waals surface area (Å²) in [5.74, 6) is -1.08. The minimum atomic E-state index is -0.901. The number of rotatable bonds is 5. The summed E-state index contributed by atoms with van der Waals surface area (Å²) in [4.78, 5) is 24.6. The number of nitrogens with one attached hydrogen (secondary N) is 2. The standard InChI is InChI=1S/C20H22FN3O3.ClH/c21-16-5-2-4-15(12-16)18(25)24-17-6-1-3-14(11-17)13-23-19(26)20(22)7-9-27-10-8-20;/h1-6,11-12H,7-10,13,22H2,(H,23,26)(H,24,25);1H. The predicted molar refractivity (Wildman–Crippen MR) is 107 cm³/mol. The Morgan fingerprint density at radius 3 is 2.54 bits per heavy atom. The zero-order valence-corrected chi connectivity index (χ0v) is 16.1. The van der Waals surface area contributed by atoms with Crippen molar-refractivity contribution in [2.45, 2.75) is 24.9 Å². The molecule has 6 nitrogen and oxygen atoms in total. The van der Waals surface area contributed by atoms with Crippen molar-refractivity contribution < 1.29 is 18.7 Å². The molecule has 0 spiro atoms. The Kier molecular flexibility index (Phi) is 7.51. The van der Waals surface area contributed by atoms with Crippen molar-refractivity contribution >= 4 is 29.9 Å². The molecular weight excluding hydrogens is 385 g/mol. The van der Waals surface area contributed by atoms with Crippen molar-refractivity contribution in [3.8, 4) is 0 Å². The topological polar surface area (TPSA) is 93.5 Å². The number of benzene rings is 2. The van der Waals surface area contributed by atoms with Gasteiger partial charge in [-0.15, -0.1) is 12.4 Å². The maximum Gasteiger partial charge on any atom is 0.255 e. The lowest BCUT2D eigenvalue weighted by molar-refractivity contribution is -0.129. The summed E-state index contributed by atoms with van der Waals surface area (Å²) in [7, 11) is 0. The van der Waals surface area contributed by atoms with Crippen LogP contribution in [-0.4, -0.2) is 30.6 Å². The Morgan fingerprint density at radius 2 is 1.82 bits per heavy atom. The summed E-state index contributed by atoms with van der Waals surface area (Å²) in [6, 6.07) is 12.6. The van der Waals surface area contributed by atoms with Gasteiger partial charge in [0.05, 0.1) is 5.54 Å². The fourth-order valence-electron chi connectivity index (χ4n) is 2.91. The maximum absolute atomic E-state index is 13.3. The van der Waals surface area contributed by atoms with Crippen LogP contribution >= 0.6 is 12.4 Å². The molecule has 0 unspecified atom stereocenters. The summed E-state index contributed by atoms with van der Waals surface area (Å²) >= 11 is 0. The molecule has 8 heteroatoms. The van der Waals surface area contributed by atoms with Gasteiger partial charge in [0, 0.05) is 31.0 Å². The Hall–Kier alpha value is -2.48. The SMILES string of the molecule is Cl.NC1(C(=O)NCc2cccc(NC(=O)c3cccc(F)c3)c2)CCOCC1. The number of hydrogen-bond acceptors (Lipinski definition) is 4. The normalized spacial score (nSPS) is 15.2. The fourth-order valence-corrected chi connectivity index (χ4v) is 2.91. The van der Waals surface area contributed by atoms with E-state index in [1.165, 1.54) is 24.3 Å². The third kappa shape index (κ3) is 5.51. The van der Waals surface area contributed by atoms with Crippen molar-refractivity contribution in [2.24, 2.45) is 5.73 Å². The molecule has 1 saturated heterocycles. The lowest BCUT2D eigenvalue weighted by Crippen LogP contribution is -2.56. The van der Waals surface area contributed by atoms with Crippen LogP contribution in [-0.2, 0) is 16.1 Å². The third-order valence-electron chi connectivity index (χ3n) is 4.56. The molecule has 150 valence electrons. The molecule has 2 aromatic carbocycles. The Morgan fingerprint density at radius 1 is 1.11 bits per heavy atom. The molecule has 0 bridgehead atoms. The molecule has 0 saturated carbocycles. The monoisotopic (exact) mass is 407 g/mol.